The van der Waals surface area contributed by atoms with Crippen LogP contribution >= 0.6 is 0 Å². The Morgan fingerprint density at radius 2 is 1.52 bits per heavy atom. The molecule has 0 unspecified atom stereocenters. The Hall–Kier alpha value is -3.41. The molecule has 0 aliphatic heterocycles. The maximum absolute atomic E-state index is 10.6. The van der Waals surface area contributed by atoms with Crippen LogP contribution in [0.25, 0.3) is 18.2 Å². The molecule has 0 aromatic heterocycles. The molecule has 0 heterocycles. The summed E-state index contributed by atoms with van der Waals surface area (Å²) >= 11 is 0. The fraction of sp³-hybridized carbons (Fsp3) is 0. The number of carbonyl (C=O) groups is 1. The smallest absolute Gasteiger partial charge is 0.328 e. The number of aliphatic carboxylic acids is 1. The third-order valence-corrected chi connectivity index (χ3v) is 3.08. The quantitative estimate of drug-likeness (QED) is 0.336. The van der Waals surface area contributed by atoms with Crippen LogP contribution in [0.2, 0.25) is 0 Å². The zero-order chi connectivity index (χ0) is 17.0. The lowest BCUT2D eigenvalue weighted by Gasteiger charge is -2.06. The second-order valence-electron chi connectivity index (χ2n) is 4.69. The zero-order valence-electron chi connectivity index (χ0n) is 11.8. The highest BCUT2D eigenvalue weighted by Crippen LogP contribution is 2.34. The van der Waals surface area contributed by atoms with Gasteiger partial charge >= 0.3 is 5.97 Å². The van der Waals surface area contributed by atoms with Crippen LogP contribution in [0.3, 0.4) is 0 Å². The van der Waals surface area contributed by atoms with Gasteiger partial charge in [0.05, 0.1) is 0 Å². The molecule has 0 amide bonds. The van der Waals surface area contributed by atoms with Crippen LogP contribution in [0.1, 0.15) is 16.7 Å². The summed E-state index contributed by atoms with van der Waals surface area (Å²) in [6.45, 7) is 0. The predicted molar refractivity (Wildman–Crippen MR) is 85.1 cm³/mol. The first-order valence-electron chi connectivity index (χ1n) is 6.54. The van der Waals surface area contributed by atoms with E-state index in [4.69, 9.17) is 5.11 Å². The van der Waals surface area contributed by atoms with Crippen LogP contribution in [0.5, 0.6) is 23.0 Å². The van der Waals surface area contributed by atoms with Gasteiger partial charge in [-0.3, -0.25) is 0 Å². The van der Waals surface area contributed by atoms with E-state index in [1.165, 1.54) is 48.6 Å². The second-order valence-corrected chi connectivity index (χ2v) is 4.69. The SMILES string of the molecule is O=C(O)/C=C/c1ccc(O)c(O)c1/C=C/c1ccc(O)c(O)c1. The summed E-state index contributed by atoms with van der Waals surface area (Å²) in [4.78, 5) is 10.6. The van der Waals surface area contributed by atoms with E-state index in [1.807, 2.05) is 0 Å². The minimum absolute atomic E-state index is 0.218. The number of hydrogen-bond acceptors (Lipinski definition) is 5. The van der Waals surface area contributed by atoms with Crippen molar-refractivity contribution >= 4 is 24.2 Å². The molecule has 6 heteroatoms. The fourth-order valence-corrected chi connectivity index (χ4v) is 1.92. The highest BCUT2D eigenvalue weighted by atomic mass is 16.4. The number of phenols is 4. The van der Waals surface area contributed by atoms with Crippen molar-refractivity contribution < 1.29 is 30.3 Å². The number of hydrogen-bond donors (Lipinski definition) is 5. The standard InChI is InChI=1S/C17H14O6/c18-13-6-2-10(9-15(13)20)1-5-12-11(4-8-16(21)22)3-7-14(19)17(12)23/h1-9,18-20,23H,(H,21,22)/b5-1+,8-4+. The molecule has 2 rings (SSSR count). The topological polar surface area (TPSA) is 118 Å². The van der Waals surface area contributed by atoms with Gasteiger partial charge in [0.15, 0.2) is 23.0 Å². The Kier molecular flexibility index (Phi) is 4.56. The summed E-state index contributed by atoms with van der Waals surface area (Å²) in [6.07, 6.45) is 5.19. The van der Waals surface area contributed by atoms with E-state index in [1.54, 1.807) is 0 Å². The number of carboxylic acids is 1. The highest BCUT2D eigenvalue weighted by Gasteiger charge is 2.08. The predicted octanol–water partition coefficient (Wildman–Crippen LogP) is 2.78. The molecule has 5 N–H and O–H groups in total. The maximum Gasteiger partial charge on any atom is 0.328 e. The summed E-state index contributed by atoms with van der Waals surface area (Å²) in [5.74, 6) is -2.43. The summed E-state index contributed by atoms with van der Waals surface area (Å²) in [7, 11) is 0. The third kappa shape index (κ3) is 3.82. The minimum Gasteiger partial charge on any atom is -0.504 e. The molecule has 0 atom stereocenters. The molecule has 0 spiro atoms. The van der Waals surface area contributed by atoms with E-state index in [0.717, 1.165) is 6.08 Å². The Morgan fingerprint density at radius 3 is 2.17 bits per heavy atom. The lowest BCUT2D eigenvalue weighted by Crippen LogP contribution is -1.88. The molecular formula is C17H14O6. The number of phenolic OH excluding ortho intramolecular Hbond substituents is 4. The molecule has 0 saturated heterocycles. The highest BCUT2D eigenvalue weighted by molar-refractivity contribution is 5.88. The fourth-order valence-electron chi connectivity index (χ4n) is 1.92. The average molecular weight is 314 g/mol. The molecule has 2 aromatic rings. The molecule has 0 radical (unpaired) electrons. The number of carboxylic acid groups (broad SMARTS) is 1. The molecule has 2 aromatic carbocycles. The lowest BCUT2D eigenvalue weighted by molar-refractivity contribution is -0.131. The van der Waals surface area contributed by atoms with Crippen LogP contribution in [0.15, 0.2) is 36.4 Å². The van der Waals surface area contributed by atoms with Crippen molar-refractivity contribution in [2.45, 2.75) is 0 Å². The third-order valence-electron chi connectivity index (χ3n) is 3.08. The molecule has 23 heavy (non-hydrogen) atoms. The molecule has 0 fully saturated rings. The van der Waals surface area contributed by atoms with Crippen molar-refractivity contribution in [3.05, 3.63) is 53.1 Å². The minimum atomic E-state index is -1.14. The average Bonchev–Trinajstić information content (AvgIpc) is 2.50. The summed E-state index contributed by atoms with van der Waals surface area (Å²) in [6, 6.07) is 6.88. The van der Waals surface area contributed by atoms with Crippen molar-refractivity contribution in [2.24, 2.45) is 0 Å². The summed E-state index contributed by atoms with van der Waals surface area (Å²) < 4.78 is 0. The number of rotatable bonds is 4. The molecule has 0 saturated carbocycles. The number of benzene rings is 2. The molecule has 0 aliphatic carbocycles. The van der Waals surface area contributed by atoms with Gasteiger partial charge in [-0.25, -0.2) is 4.79 Å². The van der Waals surface area contributed by atoms with Crippen LogP contribution in [-0.4, -0.2) is 31.5 Å². The van der Waals surface area contributed by atoms with Crippen LogP contribution in [0, 0.1) is 0 Å². The van der Waals surface area contributed by atoms with E-state index in [2.05, 4.69) is 0 Å². The van der Waals surface area contributed by atoms with Crippen molar-refractivity contribution in [1.29, 1.82) is 0 Å². The first-order chi connectivity index (χ1) is 10.9. The molecule has 118 valence electrons. The van der Waals surface area contributed by atoms with Crippen molar-refractivity contribution in [1.82, 2.24) is 0 Å². The van der Waals surface area contributed by atoms with Gasteiger partial charge in [-0.2, -0.15) is 0 Å². The number of aromatic hydroxyl groups is 4. The largest absolute Gasteiger partial charge is 0.504 e. The van der Waals surface area contributed by atoms with Crippen LogP contribution < -0.4 is 0 Å². The first-order valence-corrected chi connectivity index (χ1v) is 6.54. The molecule has 0 bridgehead atoms. The summed E-state index contributed by atoms with van der Waals surface area (Å²) in [5, 5.41) is 46.9. The van der Waals surface area contributed by atoms with Crippen molar-refractivity contribution in [2.75, 3.05) is 0 Å². The zero-order valence-corrected chi connectivity index (χ0v) is 11.8. The van der Waals surface area contributed by atoms with Gasteiger partial charge in [0.2, 0.25) is 0 Å². The molecule has 6 nitrogen and oxygen atoms in total. The van der Waals surface area contributed by atoms with Crippen LogP contribution in [-0.2, 0) is 4.79 Å². The van der Waals surface area contributed by atoms with Gasteiger partial charge in [0.1, 0.15) is 0 Å². The Morgan fingerprint density at radius 1 is 0.826 bits per heavy atom. The second kappa shape index (κ2) is 6.57. The van der Waals surface area contributed by atoms with Gasteiger partial charge in [-0.1, -0.05) is 18.2 Å². The Labute approximate surface area is 131 Å². The van der Waals surface area contributed by atoms with E-state index in [9.17, 15) is 25.2 Å². The van der Waals surface area contributed by atoms with Crippen molar-refractivity contribution in [3.8, 4) is 23.0 Å². The monoisotopic (exact) mass is 314 g/mol. The van der Waals surface area contributed by atoms with Gasteiger partial charge in [0, 0.05) is 11.6 Å². The van der Waals surface area contributed by atoms with Gasteiger partial charge < -0.3 is 25.5 Å². The molecule has 0 aliphatic rings. The van der Waals surface area contributed by atoms with Gasteiger partial charge in [0.25, 0.3) is 0 Å². The van der Waals surface area contributed by atoms with Crippen LogP contribution in [0.4, 0.5) is 0 Å². The Bertz CT molecular complexity index is 805. The lowest BCUT2D eigenvalue weighted by atomic mass is 10.0. The van der Waals surface area contributed by atoms with Gasteiger partial charge in [-0.15, -0.1) is 0 Å². The van der Waals surface area contributed by atoms with E-state index in [0.29, 0.717) is 11.1 Å². The summed E-state index contributed by atoms with van der Waals surface area (Å²) in [5.41, 5.74) is 1.15. The van der Waals surface area contributed by atoms with Gasteiger partial charge in [-0.05, 0) is 41.5 Å². The molecular weight excluding hydrogens is 300 g/mol. The van der Waals surface area contributed by atoms with E-state index in [-0.39, 0.29) is 22.8 Å². The van der Waals surface area contributed by atoms with Crippen molar-refractivity contribution in [3.63, 3.8) is 0 Å². The van der Waals surface area contributed by atoms with E-state index < -0.39 is 11.7 Å². The normalized spacial score (nSPS) is 11.3. The Balaban J connectivity index is 2.44. The maximum atomic E-state index is 10.6. The first kappa shape index (κ1) is 16.0. The van der Waals surface area contributed by atoms with E-state index >= 15 is 0 Å².